The van der Waals surface area contributed by atoms with Gasteiger partial charge < -0.3 is 9.30 Å². The third-order valence-corrected chi connectivity index (χ3v) is 3.74. The summed E-state index contributed by atoms with van der Waals surface area (Å²) < 4.78 is 44.1. The third-order valence-electron chi connectivity index (χ3n) is 3.74. The zero-order chi connectivity index (χ0) is 18.7. The van der Waals surface area contributed by atoms with Crippen molar-refractivity contribution < 1.29 is 17.9 Å². The highest BCUT2D eigenvalue weighted by molar-refractivity contribution is 5.61. The molecule has 3 aromatic heterocycles. The summed E-state index contributed by atoms with van der Waals surface area (Å²) in [6.45, 7) is 0.112. The molecule has 0 spiro atoms. The van der Waals surface area contributed by atoms with Crippen molar-refractivity contribution in [2.75, 3.05) is 7.11 Å². The number of hydrogen-bond donors (Lipinski definition) is 0. The first kappa shape index (κ1) is 17.7. The molecular formula is C18H14F3N3O2. The number of aromatic nitrogens is 3. The van der Waals surface area contributed by atoms with Crippen LogP contribution in [0.2, 0.25) is 0 Å². The Balaban J connectivity index is 1.88. The molecule has 0 atom stereocenters. The number of rotatable bonds is 4. The van der Waals surface area contributed by atoms with E-state index in [4.69, 9.17) is 4.74 Å². The SMILES string of the molecule is COc1ccc(-c2cccn(Cc3ccc(C(F)(F)F)nc3)c2=O)cn1. The van der Waals surface area contributed by atoms with Crippen LogP contribution in [0, 0.1) is 0 Å². The molecule has 26 heavy (non-hydrogen) atoms. The first-order valence-corrected chi connectivity index (χ1v) is 7.60. The molecule has 0 aromatic carbocycles. The number of methoxy groups -OCH3 is 1. The van der Waals surface area contributed by atoms with Gasteiger partial charge in [0.1, 0.15) is 5.69 Å². The monoisotopic (exact) mass is 361 g/mol. The van der Waals surface area contributed by atoms with Crippen LogP contribution in [0.15, 0.2) is 59.8 Å². The number of halogens is 3. The van der Waals surface area contributed by atoms with Crippen LogP contribution < -0.4 is 10.3 Å². The Morgan fingerprint density at radius 3 is 2.46 bits per heavy atom. The van der Waals surface area contributed by atoms with Gasteiger partial charge in [0.15, 0.2) is 0 Å². The molecule has 0 radical (unpaired) electrons. The smallest absolute Gasteiger partial charge is 0.433 e. The van der Waals surface area contributed by atoms with Crippen LogP contribution in [0.5, 0.6) is 5.88 Å². The predicted molar refractivity (Wildman–Crippen MR) is 88.8 cm³/mol. The number of ether oxygens (including phenoxy) is 1. The molecule has 3 aromatic rings. The molecule has 0 N–H and O–H groups in total. The van der Waals surface area contributed by atoms with Crippen molar-refractivity contribution in [1.29, 1.82) is 0 Å². The zero-order valence-electron chi connectivity index (χ0n) is 13.7. The summed E-state index contributed by atoms with van der Waals surface area (Å²) in [5, 5.41) is 0. The van der Waals surface area contributed by atoms with Crippen LogP contribution in [-0.2, 0) is 12.7 Å². The van der Waals surface area contributed by atoms with Crippen molar-refractivity contribution in [3.8, 4) is 17.0 Å². The minimum absolute atomic E-state index is 0.112. The van der Waals surface area contributed by atoms with Gasteiger partial charge in [-0.25, -0.2) is 4.98 Å². The maximum atomic E-state index is 12.7. The Morgan fingerprint density at radius 2 is 1.88 bits per heavy atom. The topological polar surface area (TPSA) is 57.0 Å². The Morgan fingerprint density at radius 1 is 1.08 bits per heavy atom. The quantitative estimate of drug-likeness (QED) is 0.715. The van der Waals surface area contributed by atoms with Gasteiger partial charge in [-0.15, -0.1) is 0 Å². The van der Waals surface area contributed by atoms with Crippen molar-refractivity contribution in [2.45, 2.75) is 12.7 Å². The Bertz CT molecular complexity index is 949. The molecular weight excluding hydrogens is 347 g/mol. The summed E-state index contributed by atoms with van der Waals surface area (Å²) in [5.41, 5.74) is 0.300. The Labute approximate surface area is 146 Å². The van der Waals surface area contributed by atoms with Crippen molar-refractivity contribution in [3.05, 3.63) is 76.6 Å². The van der Waals surface area contributed by atoms with E-state index in [2.05, 4.69) is 9.97 Å². The summed E-state index contributed by atoms with van der Waals surface area (Å²) >= 11 is 0. The van der Waals surface area contributed by atoms with Crippen LogP contribution in [0.1, 0.15) is 11.3 Å². The molecule has 0 aliphatic carbocycles. The van der Waals surface area contributed by atoms with Gasteiger partial charge in [-0.3, -0.25) is 9.78 Å². The van der Waals surface area contributed by atoms with Crippen LogP contribution in [0.3, 0.4) is 0 Å². The first-order chi connectivity index (χ1) is 12.4. The fourth-order valence-electron chi connectivity index (χ4n) is 2.42. The second-order valence-electron chi connectivity index (χ2n) is 5.49. The lowest BCUT2D eigenvalue weighted by Crippen LogP contribution is -2.21. The molecule has 0 fully saturated rings. The number of pyridine rings is 3. The van der Waals surface area contributed by atoms with E-state index in [0.29, 0.717) is 22.6 Å². The second kappa shape index (κ2) is 6.99. The molecule has 0 aliphatic rings. The molecule has 0 saturated carbocycles. The molecule has 0 bridgehead atoms. The van der Waals surface area contributed by atoms with E-state index in [1.54, 1.807) is 30.5 Å². The van der Waals surface area contributed by atoms with Crippen molar-refractivity contribution in [3.63, 3.8) is 0 Å². The van der Waals surface area contributed by atoms with Crippen LogP contribution in [0.4, 0.5) is 13.2 Å². The third kappa shape index (κ3) is 3.74. The highest BCUT2D eigenvalue weighted by atomic mass is 19.4. The van der Waals surface area contributed by atoms with Crippen LogP contribution in [0.25, 0.3) is 11.1 Å². The van der Waals surface area contributed by atoms with E-state index in [1.165, 1.54) is 23.9 Å². The van der Waals surface area contributed by atoms with Gasteiger partial charge in [0, 0.05) is 35.8 Å². The van der Waals surface area contributed by atoms with Crippen molar-refractivity contribution in [2.24, 2.45) is 0 Å². The standard InChI is InChI=1S/C18H14F3N3O2/c1-26-16-7-5-13(10-23-16)14-3-2-8-24(17(14)25)11-12-4-6-15(22-9-12)18(19,20)21/h2-10H,11H2,1H3. The van der Waals surface area contributed by atoms with Gasteiger partial charge in [0.25, 0.3) is 5.56 Å². The van der Waals surface area contributed by atoms with Crippen molar-refractivity contribution in [1.82, 2.24) is 14.5 Å². The zero-order valence-corrected chi connectivity index (χ0v) is 13.7. The predicted octanol–water partition coefficient (Wildman–Crippen LogP) is 3.38. The number of hydrogen-bond acceptors (Lipinski definition) is 4. The molecule has 134 valence electrons. The summed E-state index contributed by atoms with van der Waals surface area (Å²) in [4.78, 5) is 20.1. The number of nitrogens with zero attached hydrogens (tertiary/aromatic N) is 3. The van der Waals surface area contributed by atoms with Gasteiger partial charge >= 0.3 is 6.18 Å². The van der Waals surface area contributed by atoms with E-state index in [-0.39, 0.29) is 12.1 Å². The molecule has 0 amide bonds. The van der Waals surface area contributed by atoms with Crippen molar-refractivity contribution >= 4 is 0 Å². The molecule has 0 saturated heterocycles. The lowest BCUT2D eigenvalue weighted by molar-refractivity contribution is -0.141. The lowest BCUT2D eigenvalue weighted by atomic mass is 10.1. The summed E-state index contributed by atoms with van der Waals surface area (Å²) in [6, 6.07) is 8.92. The fourth-order valence-corrected chi connectivity index (χ4v) is 2.42. The van der Waals surface area contributed by atoms with Gasteiger partial charge in [-0.1, -0.05) is 6.07 Å². The lowest BCUT2D eigenvalue weighted by Gasteiger charge is -2.10. The molecule has 0 unspecified atom stereocenters. The van der Waals surface area contributed by atoms with Gasteiger partial charge in [0.05, 0.1) is 13.7 Å². The van der Waals surface area contributed by atoms with E-state index in [0.717, 1.165) is 12.3 Å². The first-order valence-electron chi connectivity index (χ1n) is 7.60. The van der Waals surface area contributed by atoms with Gasteiger partial charge in [-0.05, 0) is 29.8 Å². The van der Waals surface area contributed by atoms with Gasteiger partial charge in [0.2, 0.25) is 5.88 Å². The van der Waals surface area contributed by atoms with E-state index in [1.807, 2.05) is 0 Å². The fraction of sp³-hybridized carbons (Fsp3) is 0.167. The minimum atomic E-state index is -4.49. The molecule has 5 nitrogen and oxygen atoms in total. The molecule has 3 rings (SSSR count). The summed E-state index contributed by atoms with van der Waals surface area (Å²) in [6.07, 6.45) is -0.270. The van der Waals surface area contributed by atoms with E-state index >= 15 is 0 Å². The van der Waals surface area contributed by atoms with Crippen LogP contribution in [-0.4, -0.2) is 21.6 Å². The maximum Gasteiger partial charge on any atom is 0.433 e. The normalized spacial score (nSPS) is 11.4. The van der Waals surface area contributed by atoms with Crippen LogP contribution >= 0.6 is 0 Å². The molecule has 8 heteroatoms. The van der Waals surface area contributed by atoms with E-state index in [9.17, 15) is 18.0 Å². The molecule has 0 aliphatic heterocycles. The van der Waals surface area contributed by atoms with E-state index < -0.39 is 11.9 Å². The summed E-state index contributed by atoms with van der Waals surface area (Å²) in [5.74, 6) is 0.431. The average Bonchev–Trinajstić information content (AvgIpc) is 2.63. The minimum Gasteiger partial charge on any atom is -0.481 e. The average molecular weight is 361 g/mol. The number of alkyl halides is 3. The summed E-state index contributed by atoms with van der Waals surface area (Å²) in [7, 11) is 1.50. The Kier molecular flexibility index (Phi) is 4.75. The largest absolute Gasteiger partial charge is 0.481 e. The second-order valence-corrected chi connectivity index (χ2v) is 5.49. The maximum absolute atomic E-state index is 12.7. The highest BCUT2D eigenvalue weighted by Crippen LogP contribution is 2.27. The highest BCUT2D eigenvalue weighted by Gasteiger charge is 2.31. The Hall–Kier alpha value is -3.16. The molecule has 3 heterocycles. The van der Waals surface area contributed by atoms with Gasteiger partial charge in [-0.2, -0.15) is 13.2 Å².